The number of carbonyl (C=O) groups excluding carboxylic acids is 1. The third-order valence-electron chi connectivity index (χ3n) is 4.45. The average Bonchev–Trinajstić information content (AvgIpc) is 2.75. The van der Waals surface area contributed by atoms with Crippen molar-refractivity contribution >= 4 is 22.4 Å². The van der Waals surface area contributed by atoms with Gasteiger partial charge in [0.15, 0.2) is 5.69 Å². The first-order valence-corrected chi connectivity index (χ1v) is 9.30. The van der Waals surface area contributed by atoms with Gasteiger partial charge < -0.3 is 10.1 Å². The van der Waals surface area contributed by atoms with Crippen LogP contribution in [0.15, 0.2) is 83.7 Å². The number of amides is 1. The van der Waals surface area contributed by atoms with Gasteiger partial charge in [0.1, 0.15) is 11.5 Å². The monoisotopic (exact) mass is 385 g/mol. The molecule has 0 aliphatic rings. The van der Waals surface area contributed by atoms with Crippen LogP contribution in [0.1, 0.15) is 17.4 Å². The molecule has 4 aromatic rings. The number of benzene rings is 3. The van der Waals surface area contributed by atoms with E-state index in [4.69, 9.17) is 4.74 Å². The molecule has 0 unspecified atom stereocenters. The Hall–Kier alpha value is -3.93. The number of nitrogens with one attached hydrogen (secondary N) is 1. The van der Waals surface area contributed by atoms with Gasteiger partial charge in [0.05, 0.1) is 5.39 Å². The molecule has 1 amide bonds. The Balaban J connectivity index is 1.64. The largest absolute Gasteiger partial charge is 0.457 e. The SMILES string of the molecule is CCn1nc(C(=O)Nc2cccc(Oc3ccccc3)c2)c2ccccc2c1=O. The van der Waals surface area contributed by atoms with E-state index in [0.717, 1.165) is 0 Å². The molecule has 0 saturated heterocycles. The maximum atomic E-state index is 12.9. The Bertz CT molecular complexity index is 1230. The third-order valence-corrected chi connectivity index (χ3v) is 4.45. The summed E-state index contributed by atoms with van der Waals surface area (Å²) in [4.78, 5) is 25.4. The van der Waals surface area contributed by atoms with E-state index in [1.807, 2.05) is 43.3 Å². The molecule has 0 atom stereocenters. The molecule has 3 aromatic carbocycles. The van der Waals surface area contributed by atoms with E-state index in [9.17, 15) is 9.59 Å². The summed E-state index contributed by atoms with van der Waals surface area (Å²) < 4.78 is 7.11. The molecular weight excluding hydrogens is 366 g/mol. The highest BCUT2D eigenvalue weighted by molar-refractivity contribution is 6.11. The fourth-order valence-electron chi connectivity index (χ4n) is 3.07. The van der Waals surface area contributed by atoms with Crippen LogP contribution in [0.3, 0.4) is 0 Å². The topological polar surface area (TPSA) is 73.2 Å². The molecule has 4 rings (SSSR count). The van der Waals surface area contributed by atoms with Crippen molar-refractivity contribution in [1.29, 1.82) is 0 Å². The number of fused-ring (bicyclic) bond motifs is 1. The van der Waals surface area contributed by atoms with Gasteiger partial charge in [-0.1, -0.05) is 42.5 Å². The summed E-state index contributed by atoms with van der Waals surface area (Å²) in [6.45, 7) is 2.19. The van der Waals surface area contributed by atoms with Crippen LogP contribution >= 0.6 is 0 Å². The number of nitrogens with zero attached hydrogens (tertiary/aromatic N) is 2. The quantitative estimate of drug-likeness (QED) is 0.550. The Labute approximate surface area is 167 Å². The average molecular weight is 385 g/mol. The molecule has 144 valence electrons. The highest BCUT2D eigenvalue weighted by atomic mass is 16.5. The van der Waals surface area contributed by atoms with Gasteiger partial charge in [-0.05, 0) is 37.3 Å². The minimum atomic E-state index is -0.389. The standard InChI is InChI=1S/C23H19N3O3/c1-2-26-23(28)20-14-7-6-13-19(20)21(25-26)22(27)24-16-9-8-12-18(15-16)29-17-10-4-3-5-11-17/h3-15H,2H2,1H3,(H,24,27). The van der Waals surface area contributed by atoms with Gasteiger partial charge in [0, 0.05) is 23.7 Å². The Morgan fingerprint density at radius 1 is 0.931 bits per heavy atom. The Morgan fingerprint density at radius 3 is 2.38 bits per heavy atom. The zero-order valence-corrected chi connectivity index (χ0v) is 15.8. The second-order valence-electron chi connectivity index (χ2n) is 6.41. The Morgan fingerprint density at radius 2 is 1.62 bits per heavy atom. The molecule has 0 spiro atoms. The molecule has 29 heavy (non-hydrogen) atoms. The molecule has 1 aromatic heterocycles. The van der Waals surface area contributed by atoms with E-state index in [1.54, 1.807) is 42.5 Å². The first kappa shape index (κ1) is 18.4. The summed E-state index contributed by atoms with van der Waals surface area (Å²) >= 11 is 0. The predicted molar refractivity (Wildman–Crippen MR) is 113 cm³/mol. The second-order valence-corrected chi connectivity index (χ2v) is 6.41. The van der Waals surface area contributed by atoms with E-state index >= 15 is 0 Å². The van der Waals surface area contributed by atoms with Crippen molar-refractivity contribution < 1.29 is 9.53 Å². The fourth-order valence-corrected chi connectivity index (χ4v) is 3.07. The van der Waals surface area contributed by atoms with Gasteiger partial charge in [-0.15, -0.1) is 0 Å². The lowest BCUT2D eigenvalue weighted by Gasteiger charge is -2.11. The third kappa shape index (κ3) is 3.87. The maximum Gasteiger partial charge on any atom is 0.276 e. The van der Waals surface area contributed by atoms with E-state index in [2.05, 4.69) is 10.4 Å². The van der Waals surface area contributed by atoms with Gasteiger partial charge in [0.2, 0.25) is 0 Å². The molecule has 1 N–H and O–H groups in total. The van der Waals surface area contributed by atoms with Gasteiger partial charge in [-0.25, -0.2) is 4.68 Å². The lowest BCUT2D eigenvalue weighted by atomic mass is 10.1. The number of ether oxygens (including phenoxy) is 1. The van der Waals surface area contributed by atoms with Crippen LogP contribution in [0, 0.1) is 0 Å². The van der Waals surface area contributed by atoms with Crippen LogP contribution in [-0.2, 0) is 6.54 Å². The predicted octanol–water partition coefficient (Wildman–Crippen LogP) is 4.46. The van der Waals surface area contributed by atoms with E-state index in [-0.39, 0.29) is 17.2 Å². The fraction of sp³-hybridized carbons (Fsp3) is 0.0870. The molecule has 6 nitrogen and oxygen atoms in total. The van der Waals surface area contributed by atoms with Crippen molar-refractivity contribution in [3.8, 4) is 11.5 Å². The van der Waals surface area contributed by atoms with E-state index < -0.39 is 0 Å². The van der Waals surface area contributed by atoms with Crippen molar-refractivity contribution in [1.82, 2.24) is 9.78 Å². The second kappa shape index (κ2) is 7.98. The van der Waals surface area contributed by atoms with Crippen molar-refractivity contribution in [2.75, 3.05) is 5.32 Å². The van der Waals surface area contributed by atoms with Crippen LogP contribution in [0.25, 0.3) is 10.8 Å². The van der Waals surface area contributed by atoms with Crippen LogP contribution < -0.4 is 15.6 Å². The summed E-state index contributed by atoms with van der Waals surface area (Å²) in [5.74, 6) is 0.921. The van der Waals surface area contributed by atoms with Gasteiger partial charge in [-0.2, -0.15) is 5.10 Å². The van der Waals surface area contributed by atoms with Crippen LogP contribution in [0.2, 0.25) is 0 Å². The van der Waals surface area contributed by atoms with E-state index in [0.29, 0.717) is 34.5 Å². The summed E-state index contributed by atoms with van der Waals surface area (Å²) in [6.07, 6.45) is 0. The number of hydrogen-bond donors (Lipinski definition) is 1. The van der Waals surface area contributed by atoms with Gasteiger partial charge in [-0.3, -0.25) is 9.59 Å². The summed E-state index contributed by atoms with van der Waals surface area (Å²) in [5, 5.41) is 8.11. The summed E-state index contributed by atoms with van der Waals surface area (Å²) in [5.41, 5.74) is 0.567. The number of aryl methyl sites for hydroxylation is 1. The number of anilines is 1. The first-order chi connectivity index (χ1) is 14.2. The molecule has 0 bridgehead atoms. The molecule has 1 heterocycles. The molecule has 0 radical (unpaired) electrons. The smallest absolute Gasteiger partial charge is 0.276 e. The van der Waals surface area contributed by atoms with Crippen molar-refractivity contribution in [3.05, 3.63) is 94.9 Å². The lowest BCUT2D eigenvalue weighted by Crippen LogP contribution is -2.27. The van der Waals surface area contributed by atoms with Crippen LogP contribution in [0.5, 0.6) is 11.5 Å². The summed E-state index contributed by atoms with van der Waals surface area (Å²) in [6, 6.07) is 23.5. The number of rotatable bonds is 5. The molecule has 0 saturated carbocycles. The van der Waals surface area contributed by atoms with Crippen molar-refractivity contribution in [2.24, 2.45) is 0 Å². The van der Waals surface area contributed by atoms with Crippen molar-refractivity contribution in [3.63, 3.8) is 0 Å². The molecule has 0 aliphatic carbocycles. The van der Waals surface area contributed by atoms with Gasteiger partial charge >= 0.3 is 0 Å². The first-order valence-electron chi connectivity index (χ1n) is 9.30. The van der Waals surface area contributed by atoms with Gasteiger partial charge in [0.25, 0.3) is 11.5 Å². The highest BCUT2D eigenvalue weighted by Crippen LogP contribution is 2.24. The van der Waals surface area contributed by atoms with Crippen LogP contribution in [0.4, 0.5) is 5.69 Å². The molecule has 0 fully saturated rings. The lowest BCUT2D eigenvalue weighted by molar-refractivity contribution is 0.102. The van der Waals surface area contributed by atoms with Crippen molar-refractivity contribution in [2.45, 2.75) is 13.5 Å². The normalized spacial score (nSPS) is 10.7. The molecule has 0 aliphatic heterocycles. The number of carbonyl (C=O) groups is 1. The molecular formula is C23H19N3O3. The zero-order chi connectivity index (χ0) is 20.2. The number of para-hydroxylation sites is 1. The highest BCUT2D eigenvalue weighted by Gasteiger charge is 2.16. The number of aromatic nitrogens is 2. The maximum absolute atomic E-state index is 12.9. The zero-order valence-electron chi connectivity index (χ0n) is 15.8. The Kier molecular flexibility index (Phi) is 5.07. The number of hydrogen-bond acceptors (Lipinski definition) is 4. The van der Waals surface area contributed by atoms with Crippen LogP contribution in [-0.4, -0.2) is 15.7 Å². The molecule has 6 heteroatoms. The van der Waals surface area contributed by atoms with E-state index in [1.165, 1.54) is 4.68 Å². The minimum Gasteiger partial charge on any atom is -0.457 e. The minimum absolute atomic E-state index is 0.205. The summed E-state index contributed by atoms with van der Waals surface area (Å²) in [7, 11) is 0.